The summed E-state index contributed by atoms with van der Waals surface area (Å²) in [5, 5.41) is 6.34. The largest absolute Gasteiger partial charge is 0.490 e. The summed E-state index contributed by atoms with van der Waals surface area (Å²) in [6, 6.07) is 5.87. The number of hydrogen-bond acceptors (Lipinski definition) is 4. The zero-order chi connectivity index (χ0) is 21.5. The van der Waals surface area contributed by atoms with Crippen LogP contribution in [0.4, 0.5) is 13.2 Å². The van der Waals surface area contributed by atoms with Crippen LogP contribution < -0.4 is 20.1 Å². The van der Waals surface area contributed by atoms with Gasteiger partial charge in [0, 0.05) is 26.2 Å². The topological polar surface area (TPSA) is 64.1 Å². The molecule has 0 spiro atoms. The summed E-state index contributed by atoms with van der Waals surface area (Å²) in [6.45, 7) is 7.46. The van der Waals surface area contributed by atoms with E-state index in [0.29, 0.717) is 45.2 Å². The Bertz CT molecular complexity index is 610. The van der Waals surface area contributed by atoms with Gasteiger partial charge in [-0.05, 0) is 51.3 Å². The lowest BCUT2D eigenvalue weighted by molar-refractivity contribution is -0.173. The zero-order valence-electron chi connectivity index (χ0n) is 17.4. The highest BCUT2D eigenvalue weighted by molar-refractivity contribution is 5.79. The third-order valence-electron chi connectivity index (χ3n) is 3.64. The molecule has 0 atom stereocenters. The van der Waals surface area contributed by atoms with Crippen molar-refractivity contribution < 1.29 is 27.4 Å². The van der Waals surface area contributed by atoms with Crippen molar-refractivity contribution in [2.45, 2.75) is 39.8 Å². The van der Waals surface area contributed by atoms with Crippen LogP contribution in [-0.4, -0.2) is 58.2 Å². The smallest absolute Gasteiger partial charge is 0.411 e. The second-order valence-corrected chi connectivity index (χ2v) is 6.11. The molecule has 0 radical (unpaired) electrons. The molecule has 0 aliphatic carbocycles. The van der Waals surface area contributed by atoms with Crippen molar-refractivity contribution in [2.24, 2.45) is 4.99 Å². The van der Waals surface area contributed by atoms with Crippen LogP contribution in [0.5, 0.6) is 11.5 Å². The number of guanidine groups is 1. The summed E-state index contributed by atoms with van der Waals surface area (Å²) in [4.78, 5) is 4.35. The Labute approximate surface area is 170 Å². The molecule has 0 amide bonds. The average molecular weight is 419 g/mol. The van der Waals surface area contributed by atoms with Crippen molar-refractivity contribution >= 4 is 5.96 Å². The van der Waals surface area contributed by atoms with Crippen molar-refractivity contribution in [3.63, 3.8) is 0 Å². The summed E-state index contributed by atoms with van der Waals surface area (Å²) in [6.07, 6.45) is -3.11. The fraction of sp³-hybridized carbons (Fsp3) is 0.650. The molecule has 0 saturated carbocycles. The monoisotopic (exact) mass is 419 g/mol. The molecule has 1 aromatic carbocycles. The standard InChI is InChI=1S/C20H32F3N3O3/c1-4-24-19(25-11-7-13-27-15-20(21,22)23)26-12-10-16-8-9-17(28-5-2)18(14-16)29-6-3/h8-9,14H,4-7,10-13,15H2,1-3H3,(H2,24,25,26). The molecular weight excluding hydrogens is 387 g/mol. The number of alkyl halides is 3. The van der Waals surface area contributed by atoms with E-state index < -0.39 is 12.8 Å². The van der Waals surface area contributed by atoms with Crippen molar-refractivity contribution in [1.82, 2.24) is 10.6 Å². The van der Waals surface area contributed by atoms with Gasteiger partial charge in [-0.15, -0.1) is 0 Å². The van der Waals surface area contributed by atoms with Gasteiger partial charge in [0.25, 0.3) is 0 Å². The van der Waals surface area contributed by atoms with Crippen LogP contribution in [0.15, 0.2) is 23.2 Å². The van der Waals surface area contributed by atoms with Gasteiger partial charge < -0.3 is 24.8 Å². The van der Waals surface area contributed by atoms with Gasteiger partial charge in [-0.25, -0.2) is 0 Å². The van der Waals surface area contributed by atoms with E-state index in [-0.39, 0.29) is 6.61 Å². The van der Waals surface area contributed by atoms with E-state index in [1.165, 1.54) is 0 Å². The summed E-state index contributed by atoms with van der Waals surface area (Å²) in [5.41, 5.74) is 1.10. The van der Waals surface area contributed by atoms with Gasteiger partial charge in [0.15, 0.2) is 17.5 Å². The van der Waals surface area contributed by atoms with Gasteiger partial charge in [-0.1, -0.05) is 6.07 Å². The number of rotatable bonds is 13. The molecule has 29 heavy (non-hydrogen) atoms. The van der Waals surface area contributed by atoms with E-state index in [1.807, 2.05) is 39.0 Å². The number of nitrogens with one attached hydrogen (secondary N) is 2. The van der Waals surface area contributed by atoms with Crippen molar-refractivity contribution in [2.75, 3.05) is 46.1 Å². The molecule has 2 N–H and O–H groups in total. The molecule has 1 rings (SSSR count). The van der Waals surface area contributed by atoms with Crippen molar-refractivity contribution in [3.8, 4) is 11.5 Å². The van der Waals surface area contributed by atoms with Gasteiger partial charge in [-0.3, -0.25) is 4.99 Å². The van der Waals surface area contributed by atoms with Gasteiger partial charge in [0.1, 0.15) is 6.61 Å². The van der Waals surface area contributed by atoms with E-state index in [2.05, 4.69) is 20.4 Å². The van der Waals surface area contributed by atoms with Gasteiger partial charge in [0.05, 0.1) is 13.2 Å². The highest BCUT2D eigenvalue weighted by Gasteiger charge is 2.27. The van der Waals surface area contributed by atoms with Gasteiger partial charge >= 0.3 is 6.18 Å². The molecule has 0 bridgehead atoms. The lowest BCUT2D eigenvalue weighted by Gasteiger charge is -2.14. The van der Waals surface area contributed by atoms with Crippen LogP contribution in [0.2, 0.25) is 0 Å². The third-order valence-corrected chi connectivity index (χ3v) is 3.64. The SMILES string of the molecule is CCNC(=NCCCOCC(F)(F)F)NCCc1ccc(OCC)c(OCC)c1. The van der Waals surface area contributed by atoms with Crippen LogP contribution in [0.25, 0.3) is 0 Å². The number of halogens is 3. The molecule has 0 saturated heterocycles. The van der Waals surface area contributed by atoms with E-state index in [0.717, 1.165) is 23.5 Å². The normalized spacial score (nSPS) is 12.0. The summed E-state index contributed by atoms with van der Waals surface area (Å²) in [5.74, 6) is 2.08. The number of hydrogen-bond donors (Lipinski definition) is 2. The Kier molecular flexibility index (Phi) is 11.9. The van der Waals surface area contributed by atoms with Crippen LogP contribution >= 0.6 is 0 Å². The fourth-order valence-corrected chi connectivity index (χ4v) is 2.46. The highest BCUT2D eigenvalue weighted by atomic mass is 19.4. The minimum Gasteiger partial charge on any atom is -0.490 e. The third kappa shape index (κ3) is 11.4. The number of aliphatic imine (C=N–C) groups is 1. The molecule has 166 valence electrons. The highest BCUT2D eigenvalue weighted by Crippen LogP contribution is 2.28. The van der Waals surface area contributed by atoms with Crippen molar-refractivity contribution in [3.05, 3.63) is 23.8 Å². The Morgan fingerprint density at radius 3 is 2.41 bits per heavy atom. The molecule has 0 heterocycles. The van der Waals surface area contributed by atoms with Crippen LogP contribution in [-0.2, 0) is 11.2 Å². The Morgan fingerprint density at radius 1 is 1.03 bits per heavy atom. The molecule has 0 fully saturated rings. The van der Waals surface area contributed by atoms with E-state index in [1.54, 1.807) is 0 Å². The lowest BCUT2D eigenvalue weighted by Crippen LogP contribution is -2.38. The van der Waals surface area contributed by atoms with Gasteiger partial charge in [-0.2, -0.15) is 13.2 Å². The maximum absolute atomic E-state index is 12.0. The molecule has 0 aliphatic heterocycles. The number of nitrogens with zero attached hydrogens (tertiary/aromatic N) is 1. The first-order valence-corrected chi connectivity index (χ1v) is 9.94. The molecule has 1 aromatic rings. The van der Waals surface area contributed by atoms with Gasteiger partial charge in [0.2, 0.25) is 0 Å². The number of benzene rings is 1. The minimum absolute atomic E-state index is 0.0226. The minimum atomic E-state index is -4.29. The van der Waals surface area contributed by atoms with E-state index in [9.17, 15) is 13.2 Å². The zero-order valence-corrected chi connectivity index (χ0v) is 17.4. The Balaban J connectivity index is 2.46. The summed E-state index contributed by atoms with van der Waals surface area (Å²) in [7, 11) is 0. The fourth-order valence-electron chi connectivity index (χ4n) is 2.46. The van der Waals surface area contributed by atoms with E-state index in [4.69, 9.17) is 9.47 Å². The van der Waals surface area contributed by atoms with E-state index >= 15 is 0 Å². The maximum Gasteiger partial charge on any atom is 0.411 e. The van der Waals surface area contributed by atoms with Crippen LogP contribution in [0.1, 0.15) is 32.8 Å². The molecule has 0 aliphatic rings. The second kappa shape index (κ2) is 13.9. The van der Waals surface area contributed by atoms with Crippen molar-refractivity contribution in [1.29, 1.82) is 0 Å². The predicted octanol–water partition coefficient (Wildman–Crippen LogP) is 3.55. The second-order valence-electron chi connectivity index (χ2n) is 6.11. The predicted molar refractivity (Wildman–Crippen MR) is 108 cm³/mol. The summed E-state index contributed by atoms with van der Waals surface area (Å²) < 4.78 is 51.8. The molecular formula is C20H32F3N3O3. The number of ether oxygens (including phenoxy) is 3. The molecule has 9 heteroatoms. The quantitative estimate of drug-likeness (QED) is 0.291. The average Bonchev–Trinajstić information content (AvgIpc) is 2.66. The molecule has 0 unspecified atom stereocenters. The molecule has 6 nitrogen and oxygen atoms in total. The Morgan fingerprint density at radius 2 is 1.76 bits per heavy atom. The first-order valence-electron chi connectivity index (χ1n) is 9.94. The summed E-state index contributed by atoms with van der Waals surface area (Å²) >= 11 is 0. The Hall–Kier alpha value is -2.16. The van der Waals surface area contributed by atoms with Crippen LogP contribution in [0, 0.1) is 0 Å². The molecule has 0 aromatic heterocycles. The van der Waals surface area contributed by atoms with Crippen LogP contribution in [0.3, 0.4) is 0 Å². The first-order chi connectivity index (χ1) is 13.9. The lowest BCUT2D eigenvalue weighted by atomic mass is 10.1. The maximum atomic E-state index is 12.0. The first kappa shape index (κ1) is 24.9.